The van der Waals surface area contributed by atoms with Gasteiger partial charge in [0.2, 0.25) is 0 Å². The summed E-state index contributed by atoms with van der Waals surface area (Å²) < 4.78 is 9.50. The van der Waals surface area contributed by atoms with Crippen molar-refractivity contribution in [1.82, 2.24) is 9.80 Å². The quantitative estimate of drug-likeness (QED) is 0.177. The molecule has 0 aliphatic carbocycles. The van der Waals surface area contributed by atoms with Gasteiger partial charge in [-0.15, -0.1) is 23.4 Å². The second-order valence-corrected chi connectivity index (χ2v) is 10.8. The van der Waals surface area contributed by atoms with Crippen LogP contribution in [0.3, 0.4) is 0 Å². The lowest BCUT2D eigenvalue weighted by Gasteiger charge is -2.46. The van der Waals surface area contributed by atoms with E-state index in [1.165, 1.54) is 35.9 Å². The Balaban J connectivity index is 1.35. The van der Waals surface area contributed by atoms with Crippen molar-refractivity contribution in [3.63, 3.8) is 0 Å². The van der Waals surface area contributed by atoms with E-state index in [4.69, 9.17) is 21.1 Å². The number of thioether (sulfide) groups is 1. The van der Waals surface area contributed by atoms with E-state index in [1.54, 1.807) is 43.3 Å². The van der Waals surface area contributed by atoms with Gasteiger partial charge in [-0.1, -0.05) is 30.3 Å². The molecule has 5 rings (SSSR count). The summed E-state index contributed by atoms with van der Waals surface area (Å²) in [6.07, 6.45) is 0. The molecule has 0 bridgehead atoms. The number of esters is 1. The third kappa shape index (κ3) is 3.58. The number of alkyl halides is 1. The van der Waals surface area contributed by atoms with Crippen LogP contribution < -0.4 is 4.74 Å². The predicted octanol–water partition coefficient (Wildman–Crippen LogP) is 2.37. The number of ether oxygens (including phenoxy) is 2. The molecule has 3 aliphatic heterocycles. The van der Waals surface area contributed by atoms with Crippen LogP contribution in [0.25, 0.3) is 0 Å². The number of fused-ring (bicyclic) bond motifs is 2. The van der Waals surface area contributed by atoms with E-state index in [0.29, 0.717) is 11.3 Å². The van der Waals surface area contributed by atoms with Crippen molar-refractivity contribution in [2.45, 2.75) is 29.1 Å². The van der Waals surface area contributed by atoms with Gasteiger partial charge >= 0.3 is 5.97 Å². The van der Waals surface area contributed by atoms with E-state index in [9.17, 15) is 24.0 Å². The molecule has 0 saturated carbocycles. The number of carbonyl (C=O) groups is 5. The lowest BCUT2D eigenvalue weighted by atomic mass is 9.95. The second kappa shape index (κ2) is 8.94. The minimum absolute atomic E-state index is 0.00359. The van der Waals surface area contributed by atoms with Crippen molar-refractivity contribution in [2.75, 3.05) is 19.6 Å². The van der Waals surface area contributed by atoms with Crippen molar-refractivity contribution < 1.29 is 33.4 Å². The molecule has 186 valence electrons. The van der Waals surface area contributed by atoms with Crippen LogP contribution in [0.4, 0.5) is 0 Å². The molecule has 9 nitrogen and oxygen atoms in total. The summed E-state index contributed by atoms with van der Waals surface area (Å²) in [6, 6.07) is 10.8. The standard InChI is InChI=1S/C25H21ClN2O7S/c1-25(12-26)19(24(33)35-11-17(29)13-6-4-3-5-7-13)28-22(32)18(23(28)36-25)27-20(30)15-9-8-14(34-2)10-16(15)21(27)31/h3-10,18-19,23H,11-12H2,1-2H3/t18?,19?,23-,25-/m0/s1. The first-order valence-electron chi connectivity index (χ1n) is 11.1. The zero-order chi connectivity index (χ0) is 25.8. The smallest absolute Gasteiger partial charge is 0.330 e. The number of imide groups is 1. The Morgan fingerprint density at radius 3 is 2.42 bits per heavy atom. The Morgan fingerprint density at radius 1 is 1.06 bits per heavy atom. The Hall–Kier alpha value is -3.37. The molecule has 0 aromatic heterocycles. The molecular formula is C25H21ClN2O7S. The van der Waals surface area contributed by atoms with Crippen molar-refractivity contribution in [1.29, 1.82) is 0 Å². The normalized spacial score (nSPS) is 26.4. The minimum Gasteiger partial charge on any atom is -0.497 e. The van der Waals surface area contributed by atoms with Gasteiger partial charge in [0.1, 0.15) is 23.2 Å². The molecule has 0 spiro atoms. The summed E-state index contributed by atoms with van der Waals surface area (Å²) in [4.78, 5) is 67.2. The molecule has 2 saturated heterocycles. The number of ketones is 1. The van der Waals surface area contributed by atoms with Crippen LogP contribution in [0.5, 0.6) is 5.75 Å². The Bertz CT molecular complexity index is 1300. The third-order valence-corrected chi connectivity index (χ3v) is 8.98. The number of β-lactam (4-membered cyclic amide) rings is 1. The molecule has 2 aromatic carbocycles. The molecule has 36 heavy (non-hydrogen) atoms. The highest BCUT2D eigenvalue weighted by atomic mass is 35.5. The van der Waals surface area contributed by atoms with Gasteiger partial charge in [0.15, 0.2) is 12.4 Å². The fourth-order valence-corrected chi connectivity index (χ4v) is 6.74. The van der Waals surface area contributed by atoms with E-state index in [2.05, 4.69) is 0 Å². The van der Waals surface area contributed by atoms with Crippen LogP contribution in [-0.2, 0) is 14.3 Å². The van der Waals surface area contributed by atoms with E-state index in [0.717, 1.165) is 4.90 Å². The number of amides is 3. The van der Waals surface area contributed by atoms with Gasteiger partial charge in [-0.3, -0.25) is 24.1 Å². The number of benzene rings is 2. The molecular weight excluding hydrogens is 508 g/mol. The van der Waals surface area contributed by atoms with Crippen molar-refractivity contribution >= 4 is 52.8 Å². The highest BCUT2D eigenvalue weighted by molar-refractivity contribution is 8.01. The van der Waals surface area contributed by atoms with Gasteiger partial charge in [-0.25, -0.2) is 4.79 Å². The number of halogens is 1. The minimum atomic E-state index is -1.08. The van der Waals surface area contributed by atoms with Crippen LogP contribution in [0.2, 0.25) is 0 Å². The second-order valence-electron chi connectivity index (χ2n) is 8.84. The zero-order valence-corrected chi connectivity index (χ0v) is 20.9. The predicted molar refractivity (Wildman–Crippen MR) is 130 cm³/mol. The first kappa shape index (κ1) is 24.3. The molecule has 2 aromatic rings. The van der Waals surface area contributed by atoms with Crippen molar-refractivity contribution in [2.24, 2.45) is 0 Å². The van der Waals surface area contributed by atoms with Crippen LogP contribution in [0.15, 0.2) is 48.5 Å². The summed E-state index contributed by atoms with van der Waals surface area (Å²) >= 11 is 7.46. The fourth-order valence-electron chi connectivity index (χ4n) is 4.75. The molecule has 0 N–H and O–H groups in total. The largest absolute Gasteiger partial charge is 0.497 e. The van der Waals surface area contributed by atoms with E-state index >= 15 is 0 Å². The van der Waals surface area contributed by atoms with E-state index < -0.39 is 52.5 Å². The molecule has 4 atom stereocenters. The highest BCUT2D eigenvalue weighted by Crippen LogP contribution is 2.53. The van der Waals surface area contributed by atoms with Crippen LogP contribution in [0, 0.1) is 0 Å². The molecule has 2 fully saturated rings. The third-order valence-electron chi connectivity index (χ3n) is 6.63. The van der Waals surface area contributed by atoms with E-state index in [-0.39, 0.29) is 22.8 Å². The van der Waals surface area contributed by atoms with Gasteiger partial charge < -0.3 is 14.4 Å². The van der Waals surface area contributed by atoms with Crippen molar-refractivity contribution in [3.05, 3.63) is 65.2 Å². The highest BCUT2D eigenvalue weighted by Gasteiger charge is 2.68. The molecule has 11 heteroatoms. The number of methoxy groups -OCH3 is 1. The van der Waals surface area contributed by atoms with Gasteiger partial charge in [0, 0.05) is 11.4 Å². The maximum atomic E-state index is 13.3. The summed E-state index contributed by atoms with van der Waals surface area (Å²) in [5.41, 5.74) is 0.737. The van der Waals surface area contributed by atoms with Gasteiger partial charge in [0.25, 0.3) is 17.7 Å². The average Bonchev–Trinajstić information content (AvgIpc) is 3.31. The number of rotatable bonds is 7. The van der Waals surface area contributed by atoms with Crippen molar-refractivity contribution in [3.8, 4) is 5.75 Å². The fraction of sp³-hybridized carbons (Fsp3) is 0.320. The maximum Gasteiger partial charge on any atom is 0.330 e. The molecule has 3 amide bonds. The van der Waals surface area contributed by atoms with Gasteiger partial charge in [0.05, 0.1) is 23.0 Å². The molecule has 0 radical (unpaired) electrons. The Labute approximate surface area is 215 Å². The number of nitrogens with zero attached hydrogens (tertiary/aromatic N) is 2. The lowest BCUT2D eigenvalue weighted by molar-refractivity contribution is -0.165. The number of carbonyl (C=O) groups excluding carboxylic acids is 5. The van der Waals surface area contributed by atoms with E-state index in [1.807, 2.05) is 0 Å². The first-order valence-corrected chi connectivity index (χ1v) is 12.5. The average molecular weight is 529 g/mol. The Kier molecular flexibility index (Phi) is 6.04. The summed E-state index contributed by atoms with van der Waals surface area (Å²) in [6.45, 7) is 1.23. The van der Waals surface area contributed by atoms with Crippen LogP contribution in [-0.4, -0.2) is 81.1 Å². The number of Topliss-reactive ketones (excluding diaryl/α,β-unsaturated/α-hetero) is 1. The summed E-state index contributed by atoms with van der Waals surface area (Å²) in [5, 5.41) is -0.673. The van der Waals surface area contributed by atoms with Gasteiger partial charge in [-0.05, 0) is 25.1 Å². The zero-order valence-electron chi connectivity index (χ0n) is 19.3. The lowest BCUT2D eigenvalue weighted by Crippen LogP contribution is -2.71. The topological polar surface area (TPSA) is 110 Å². The molecule has 3 heterocycles. The summed E-state index contributed by atoms with van der Waals surface area (Å²) in [7, 11) is 1.45. The molecule has 2 unspecified atom stereocenters. The van der Waals surface area contributed by atoms with Crippen LogP contribution >= 0.6 is 23.4 Å². The van der Waals surface area contributed by atoms with Crippen LogP contribution in [0.1, 0.15) is 38.0 Å². The number of hydrogen-bond donors (Lipinski definition) is 0. The van der Waals surface area contributed by atoms with Gasteiger partial charge in [-0.2, -0.15) is 0 Å². The maximum absolute atomic E-state index is 13.3. The number of hydrogen-bond acceptors (Lipinski definition) is 8. The summed E-state index contributed by atoms with van der Waals surface area (Å²) in [5.74, 6) is -2.47. The SMILES string of the molecule is COc1ccc2c(c1)C(=O)N(C1C(=O)N3C(C(=O)OCC(=O)c4ccccc4)[C@](C)(CCl)S[C@@H]13)C2=O. The Morgan fingerprint density at radius 2 is 1.75 bits per heavy atom. The molecule has 3 aliphatic rings. The first-order chi connectivity index (χ1) is 17.2. The monoisotopic (exact) mass is 528 g/mol.